The van der Waals surface area contributed by atoms with E-state index in [2.05, 4.69) is 13.2 Å². The van der Waals surface area contributed by atoms with Gasteiger partial charge in [0.25, 0.3) is 11.8 Å². The number of hydrogen-bond donors (Lipinski definition) is 2. The molecule has 0 spiro atoms. The van der Waals surface area contributed by atoms with Gasteiger partial charge in [0.15, 0.2) is 0 Å². The van der Waals surface area contributed by atoms with Crippen LogP contribution in [0.4, 0.5) is 0 Å². The molecule has 0 aromatic heterocycles. The summed E-state index contributed by atoms with van der Waals surface area (Å²) in [7, 11) is 0. The van der Waals surface area contributed by atoms with Crippen molar-refractivity contribution in [1.82, 2.24) is 10.6 Å². The van der Waals surface area contributed by atoms with Gasteiger partial charge in [-0.2, -0.15) is 0 Å². The highest BCUT2D eigenvalue weighted by Crippen LogP contribution is 1.77. The molecule has 0 radical (unpaired) electrons. The molecule has 6 nitrogen and oxygen atoms in total. The Hall–Kier alpha value is -2.50. The molecule has 0 atom stereocenters. The standard InChI is InChI=1S/C10H10N2O4/c1-3-7(13)11-9(15)5-6-10(16)12-8(14)4-2/h3-6H,1-2H2,(H,11,13,15)(H,12,14,16)/b6-5-. The minimum atomic E-state index is -0.786. The van der Waals surface area contributed by atoms with E-state index in [0.29, 0.717) is 0 Å². The average Bonchev–Trinajstić information content (AvgIpc) is 2.26. The molecule has 0 aromatic carbocycles. The van der Waals surface area contributed by atoms with Crippen LogP contribution in [0.3, 0.4) is 0 Å². The molecule has 0 saturated heterocycles. The fourth-order valence-corrected chi connectivity index (χ4v) is 0.580. The number of carbonyl (C=O) groups is 4. The summed E-state index contributed by atoms with van der Waals surface area (Å²) >= 11 is 0. The first kappa shape index (κ1) is 13.5. The quantitative estimate of drug-likeness (QED) is 0.609. The Labute approximate surface area is 91.7 Å². The monoisotopic (exact) mass is 222 g/mol. The van der Waals surface area contributed by atoms with Crippen LogP contribution in [0.5, 0.6) is 0 Å². The molecule has 16 heavy (non-hydrogen) atoms. The average molecular weight is 222 g/mol. The third-order valence-corrected chi connectivity index (χ3v) is 1.25. The largest absolute Gasteiger partial charge is 0.289 e. The maximum Gasteiger partial charge on any atom is 0.250 e. The van der Waals surface area contributed by atoms with Crippen LogP contribution in [0, 0.1) is 0 Å². The van der Waals surface area contributed by atoms with Crippen LogP contribution < -0.4 is 10.6 Å². The number of nitrogens with one attached hydrogen (secondary N) is 2. The summed E-state index contributed by atoms with van der Waals surface area (Å²) in [6, 6.07) is 0. The second-order valence-corrected chi connectivity index (χ2v) is 2.45. The van der Waals surface area contributed by atoms with Crippen molar-refractivity contribution in [2.75, 3.05) is 0 Å². The van der Waals surface area contributed by atoms with E-state index in [9.17, 15) is 19.2 Å². The van der Waals surface area contributed by atoms with Crippen LogP contribution in [0.25, 0.3) is 0 Å². The predicted molar refractivity (Wildman–Crippen MR) is 55.8 cm³/mol. The molecule has 0 aliphatic rings. The lowest BCUT2D eigenvalue weighted by molar-refractivity contribution is -0.127. The Kier molecular flexibility index (Phi) is 5.81. The molecule has 6 heteroatoms. The van der Waals surface area contributed by atoms with Crippen molar-refractivity contribution >= 4 is 23.6 Å². The zero-order valence-electron chi connectivity index (χ0n) is 8.36. The maximum atomic E-state index is 10.9. The summed E-state index contributed by atoms with van der Waals surface area (Å²) < 4.78 is 0. The molecule has 0 aromatic rings. The van der Waals surface area contributed by atoms with E-state index < -0.39 is 23.6 Å². The molecule has 0 aliphatic carbocycles. The first-order chi connectivity index (χ1) is 7.49. The van der Waals surface area contributed by atoms with Crippen LogP contribution in [-0.4, -0.2) is 23.6 Å². The van der Waals surface area contributed by atoms with Crippen LogP contribution in [0.1, 0.15) is 0 Å². The normalized spacial score (nSPS) is 9.25. The van der Waals surface area contributed by atoms with Crippen molar-refractivity contribution in [1.29, 1.82) is 0 Å². The SMILES string of the molecule is C=CC(=O)NC(=O)/C=C\C(=O)NC(=O)C=C. The lowest BCUT2D eigenvalue weighted by Gasteiger charge is -1.95. The highest BCUT2D eigenvalue weighted by Gasteiger charge is 2.02. The fourth-order valence-electron chi connectivity index (χ4n) is 0.580. The number of amides is 4. The summed E-state index contributed by atoms with van der Waals surface area (Å²) in [6.45, 7) is 6.27. The molecule has 0 aliphatic heterocycles. The summed E-state index contributed by atoms with van der Waals surface area (Å²) in [4.78, 5) is 43.1. The zero-order chi connectivity index (χ0) is 12.6. The summed E-state index contributed by atoms with van der Waals surface area (Å²) in [5.41, 5.74) is 0. The van der Waals surface area contributed by atoms with Crippen LogP contribution in [0.2, 0.25) is 0 Å². The highest BCUT2D eigenvalue weighted by atomic mass is 16.2. The van der Waals surface area contributed by atoms with Crippen molar-refractivity contribution in [3.8, 4) is 0 Å². The minimum Gasteiger partial charge on any atom is -0.289 e. The van der Waals surface area contributed by atoms with Crippen molar-refractivity contribution in [2.24, 2.45) is 0 Å². The third-order valence-electron chi connectivity index (χ3n) is 1.25. The van der Waals surface area contributed by atoms with Gasteiger partial charge in [-0.25, -0.2) is 0 Å². The molecular formula is C10H10N2O4. The van der Waals surface area contributed by atoms with Gasteiger partial charge in [-0.1, -0.05) is 13.2 Å². The second-order valence-electron chi connectivity index (χ2n) is 2.45. The van der Waals surface area contributed by atoms with E-state index in [-0.39, 0.29) is 0 Å². The van der Waals surface area contributed by atoms with E-state index >= 15 is 0 Å². The Morgan fingerprint density at radius 2 is 1.00 bits per heavy atom. The molecule has 2 N–H and O–H groups in total. The van der Waals surface area contributed by atoms with Gasteiger partial charge in [-0.15, -0.1) is 0 Å². The molecule has 84 valence electrons. The third kappa shape index (κ3) is 6.03. The van der Waals surface area contributed by atoms with Gasteiger partial charge in [-0.05, 0) is 12.2 Å². The van der Waals surface area contributed by atoms with E-state index in [1.165, 1.54) is 0 Å². The Balaban J connectivity index is 4.17. The van der Waals surface area contributed by atoms with E-state index in [1.54, 1.807) is 0 Å². The van der Waals surface area contributed by atoms with Gasteiger partial charge in [0, 0.05) is 12.2 Å². The van der Waals surface area contributed by atoms with Crippen LogP contribution in [0.15, 0.2) is 37.5 Å². The van der Waals surface area contributed by atoms with Crippen molar-refractivity contribution in [2.45, 2.75) is 0 Å². The molecule has 0 fully saturated rings. The highest BCUT2D eigenvalue weighted by molar-refractivity contribution is 6.09. The molecular weight excluding hydrogens is 212 g/mol. The van der Waals surface area contributed by atoms with E-state index in [4.69, 9.17) is 0 Å². The number of rotatable bonds is 4. The number of imide groups is 2. The lowest BCUT2D eigenvalue weighted by atomic mass is 10.4. The van der Waals surface area contributed by atoms with Gasteiger partial charge >= 0.3 is 0 Å². The number of carbonyl (C=O) groups excluding carboxylic acids is 4. The van der Waals surface area contributed by atoms with Crippen LogP contribution in [-0.2, 0) is 19.2 Å². The van der Waals surface area contributed by atoms with Gasteiger partial charge in [-0.3, -0.25) is 29.8 Å². The Morgan fingerprint density at radius 1 is 0.688 bits per heavy atom. The lowest BCUT2D eigenvalue weighted by Crippen LogP contribution is -2.29. The summed E-state index contributed by atoms with van der Waals surface area (Å²) in [6.07, 6.45) is 3.44. The summed E-state index contributed by atoms with van der Waals surface area (Å²) in [5.74, 6) is -2.94. The molecule has 0 unspecified atom stereocenters. The first-order valence-electron chi connectivity index (χ1n) is 4.12. The van der Waals surface area contributed by atoms with E-state index in [1.807, 2.05) is 10.6 Å². The molecule has 0 bridgehead atoms. The summed E-state index contributed by atoms with van der Waals surface area (Å²) in [5, 5.41) is 3.77. The minimum absolute atomic E-state index is 0.683. The van der Waals surface area contributed by atoms with Gasteiger partial charge in [0.1, 0.15) is 0 Å². The first-order valence-corrected chi connectivity index (χ1v) is 4.12. The van der Waals surface area contributed by atoms with Gasteiger partial charge in [0.05, 0.1) is 0 Å². The predicted octanol–water partition coefficient (Wildman–Crippen LogP) is -0.800. The van der Waals surface area contributed by atoms with Gasteiger partial charge < -0.3 is 0 Å². The Bertz CT molecular complexity index is 346. The molecule has 0 saturated carbocycles. The molecule has 4 amide bonds. The topological polar surface area (TPSA) is 92.3 Å². The van der Waals surface area contributed by atoms with Crippen molar-refractivity contribution in [3.05, 3.63) is 37.5 Å². The maximum absolute atomic E-state index is 10.9. The Morgan fingerprint density at radius 3 is 1.25 bits per heavy atom. The smallest absolute Gasteiger partial charge is 0.250 e. The van der Waals surface area contributed by atoms with Crippen LogP contribution >= 0.6 is 0 Å². The molecule has 0 rings (SSSR count). The van der Waals surface area contributed by atoms with Crippen molar-refractivity contribution < 1.29 is 19.2 Å². The van der Waals surface area contributed by atoms with E-state index in [0.717, 1.165) is 24.3 Å². The van der Waals surface area contributed by atoms with Gasteiger partial charge in [0.2, 0.25) is 11.8 Å². The second kappa shape index (κ2) is 6.88. The zero-order valence-corrected chi connectivity index (χ0v) is 8.36. The van der Waals surface area contributed by atoms with Crippen molar-refractivity contribution in [3.63, 3.8) is 0 Å². The fraction of sp³-hybridized carbons (Fsp3) is 0. The molecule has 0 heterocycles. The number of hydrogen-bond acceptors (Lipinski definition) is 4.